The van der Waals surface area contributed by atoms with Crippen molar-refractivity contribution in [3.63, 3.8) is 0 Å². The van der Waals surface area contributed by atoms with Crippen LogP contribution in [0.15, 0.2) is 41.3 Å². The summed E-state index contributed by atoms with van der Waals surface area (Å²) in [7, 11) is -3.30. The first kappa shape index (κ1) is 21.8. The highest BCUT2D eigenvalue weighted by atomic mass is 32.2. The molecule has 0 heterocycles. The number of sulfone groups is 1. The lowest BCUT2D eigenvalue weighted by molar-refractivity contribution is -0.289. The SMILES string of the molecule is COC(=O)c1cc(S(C)(=O)=O)c(-c2ccc(C)cc2)cc1C(F)(F)C(F)(F)F. The lowest BCUT2D eigenvalue weighted by atomic mass is 9.94. The van der Waals surface area contributed by atoms with Gasteiger partial charge in [-0.1, -0.05) is 29.8 Å². The molecule has 2 aromatic rings. The molecule has 0 aliphatic carbocycles. The van der Waals surface area contributed by atoms with E-state index in [1.165, 1.54) is 24.3 Å². The molecule has 0 aliphatic rings. The second-order valence-corrected chi connectivity index (χ2v) is 8.08. The summed E-state index contributed by atoms with van der Waals surface area (Å²) in [5, 5.41) is 0. The monoisotopic (exact) mass is 422 g/mol. The number of hydrogen-bond donors (Lipinski definition) is 0. The van der Waals surface area contributed by atoms with Crippen LogP contribution in [0.5, 0.6) is 0 Å². The van der Waals surface area contributed by atoms with Crippen LogP contribution in [0.3, 0.4) is 0 Å². The number of benzene rings is 2. The van der Waals surface area contributed by atoms with Crippen LogP contribution in [0.25, 0.3) is 11.1 Å². The average Bonchev–Trinajstić information content (AvgIpc) is 2.58. The minimum atomic E-state index is -6.01. The zero-order valence-corrected chi connectivity index (χ0v) is 15.7. The molecule has 2 rings (SSSR count). The van der Waals surface area contributed by atoms with E-state index in [1.807, 2.05) is 0 Å². The molecule has 0 aliphatic heterocycles. The average molecular weight is 422 g/mol. The van der Waals surface area contributed by atoms with Crippen molar-refractivity contribution in [2.45, 2.75) is 23.9 Å². The summed E-state index contributed by atoms with van der Waals surface area (Å²) in [6, 6.07) is 6.71. The van der Waals surface area contributed by atoms with Crippen LogP contribution in [0.2, 0.25) is 0 Å². The molecule has 0 N–H and O–H groups in total. The van der Waals surface area contributed by atoms with Crippen LogP contribution >= 0.6 is 0 Å². The third kappa shape index (κ3) is 4.01. The van der Waals surface area contributed by atoms with Gasteiger partial charge in [0, 0.05) is 17.4 Å². The van der Waals surface area contributed by atoms with Gasteiger partial charge >= 0.3 is 18.1 Å². The van der Waals surface area contributed by atoms with E-state index in [1.54, 1.807) is 6.92 Å². The summed E-state index contributed by atoms with van der Waals surface area (Å²) in [6.45, 7) is 1.71. The van der Waals surface area contributed by atoms with Gasteiger partial charge in [-0.3, -0.25) is 0 Å². The second-order valence-electron chi connectivity index (χ2n) is 6.10. The molecule has 0 saturated heterocycles. The van der Waals surface area contributed by atoms with Crippen LogP contribution < -0.4 is 0 Å². The highest BCUT2D eigenvalue weighted by Crippen LogP contribution is 2.47. The Morgan fingerprint density at radius 2 is 1.54 bits per heavy atom. The molecule has 0 atom stereocenters. The summed E-state index contributed by atoms with van der Waals surface area (Å²) in [6.07, 6.45) is -5.25. The normalized spacial score (nSPS) is 12.7. The molecule has 0 unspecified atom stereocenters. The van der Waals surface area contributed by atoms with Crippen molar-refractivity contribution in [1.82, 2.24) is 0 Å². The number of halogens is 5. The third-order valence-electron chi connectivity index (χ3n) is 3.98. The lowest BCUT2D eigenvalue weighted by Crippen LogP contribution is -2.35. The molecule has 0 amide bonds. The summed E-state index contributed by atoms with van der Waals surface area (Å²) in [5.74, 6) is -6.93. The number of carbonyl (C=O) groups is 1. The van der Waals surface area contributed by atoms with E-state index in [-0.39, 0.29) is 11.1 Å². The summed E-state index contributed by atoms with van der Waals surface area (Å²) in [5.41, 5.74) is -2.39. The van der Waals surface area contributed by atoms with Gasteiger partial charge in [0.1, 0.15) is 0 Å². The Labute approximate surface area is 157 Å². The zero-order valence-electron chi connectivity index (χ0n) is 14.9. The molecule has 0 aromatic heterocycles. The van der Waals surface area contributed by atoms with Crippen molar-refractivity contribution in [1.29, 1.82) is 0 Å². The van der Waals surface area contributed by atoms with Gasteiger partial charge < -0.3 is 4.74 Å². The van der Waals surface area contributed by atoms with Crippen molar-refractivity contribution < 1.29 is 39.9 Å². The van der Waals surface area contributed by atoms with E-state index in [2.05, 4.69) is 4.74 Å². The number of esters is 1. The molecule has 0 saturated carbocycles. The Hall–Kier alpha value is -2.49. The molecule has 4 nitrogen and oxygen atoms in total. The van der Waals surface area contributed by atoms with Gasteiger partial charge in [0.15, 0.2) is 9.84 Å². The molecule has 2 aromatic carbocycles. The van der Waals surface area contributed by atoms with Crippen molar-refractivity contribution in [3.8, 4) is 11.1 Å². The van der Waals surface area contributed by atoms with Gasteiger partial charge in [0.2, 0.25) is 0 Å². The molecule has 0 fully saturated rings. The molecule has 10 heteroatoms. The van der Waals surface area contributed by atoms with E-state index in [9.17, 15) is 35.2 Å². The van der Waals surface area contributed by atoms with Crippen molar-refractivity contribution in [2.75, 3.05) is 13.4 Å². The molecular weight excluding hydrogens is 407 g/mol. The number of hydrogen-bond acceptors (Lipinski definition) is 4. The largest absolute Gasteiger partial charge is 0.465 e. The molecule has 0 bridgehead atoms. The van der Waals surface area contributed by atoms with Gasteiger partial charge in [0.05, 0.1) is 17.6 Å². The smallest absolute Gasteiger partial charge is 0.458 e. The Morgan fingerprint density at radius 3 is 1.96 bits per heavy atom. The molecular formula is C18H15F5O4S. The molecule has 0 spiro atoms. The number of aryl methyl sites for hydroxylation is 1. The maximum Gasteiger partial charge on any atom is 0.458 e. The predicted octanol–water partition coefficient (Wildman–Crippen LogP) is 4.51. The van der Waals surface area contributed by atoms with Crippen LogP contribution in [-0.4, -0.2) is 33.9 Å². The Kier molecular flexibility index (Phi) is 5.57. The number of rotatable bonds is 4. The molecule has 28 heavy (non-hydrogen) atoms. The minimum Gasteiger partial charge on any atom is -0.465 e. The zero-order chi connectivity index (χ0) is 21.5. The highest BCUT2D eigenvalue weighted by molar-refractivity contribution is 7.90. The van der Waals surface area contributed by atoms with E-state index >= 15 is 0 Å². The van der Waals surface area contributed by atoms with Crippen LogP contribution in [0.1, 0.15) is 21.5 Å². The number of carbonyl (C=O) groups excluding carboxylic acids is 1. The Bertz CT molecular complexity index is 1010. The van der Waals surface area contributed by atoms with Crippen molar-refractivity contribution >= 4 is 15.8 Å². The van der Waals surface area contributed by atoms with Gasteiger partial charge in [-0.2, -0.15) is 22.0 Å². The van der Waals surface area contributed by atoms with Crippen LogP contribution in [0, 0.1) is 6.92 Å². The first-order valence-corrected chi connectivity index (χ1v) is 9.57. The molecule has 152 valence electrons. The van der Waals surface area contributed by atoms with E-state index < -0.39 is 43.9 Å². The fraction of sp³-hybridized carbons (Fsp3) is 0.278. The maximum absolute atomic E-state index is 14.1. The Morgan fingerprint density at radius 1 is 1.00 bits per heavy atom. The highest BCUT2D eigenvalue weighted by Gasteiger charge is 2.60. The molecule has 0 radical (unpaired) electrons. The second kappa shape index (κ2) is 7.16. The van der Waals surface area contributed by atoms with Gasteiger partial charge in [-0.05, 0) is 24.6 Å². The fourth-order valence-corrected chi connectivity index (χ4v) is 3.44. The van der Waals surface area contributed by atoms with Gasteiger partial charge in [-0.25, -0.2) is 13.2 Å². The summed E-state index contributed by atoms with van der Waals surface area (Å²) >= 11 is 0. The first-order valence-electron chi connectivity index (χ1n) is 7.68. The van der Waals surface area contributed by atoms with Crippen LogP contribution in [0.4, 0.5) is 22.0 Å². The topological polar surface area (TPSA) is 60.4 Å². The predicted molar refractivity (Wildman–Crippen MR) is 91.0 cm³/mol. The van der Waals surface area contributed by atoms with E-state index in [4.69, 9.17) is 0 Å². The standard InChI is InChI=1S/C18H15F5O4S/c1-10-4-6-11(7-5-10)12-8-14(17(19,20)18(21,22)23)13(16(24)27-2)9-15(12)28(3,25)26/h4-9H,1-3H3. The van der Waals surface area contributed by atoms with E-state index in [0.717, 1.165) is 18.9 Å². The lowest BCUT2D eigenvalue weighted by Gasteiger charge is -2.23. The van der Waals surface area contributed by atoms with Crippen molar-refractivity contribution in [2.24, 2.45) is 0 Å². The van der Waals surface area contributed by atoms with E-state index in [0.29, 0.717) is 12.1 Å². The number of alkyl halides is 5. The Balaban J connectivity index is 2.98. The maximum atomic E-state index is 14.1. The quantitative estimate of drug-likeness (QED) is 0.538. The van der Waals surface area contributed by atoms with Gasteiger partial charge in [0.25, 0.3) is 0 Å². The third-order valence-corrected chi connectivity index (χ3v) is 5.12. The number of methoxy groups -OCH3 is 1. The van der Waals surface area contributed by atoms with Crippen molar-refractivity contribution in [3.05, 3.63) is 53.1 Å². The summed E-state index contributed by atoms with van der Waals surface area (Å²) in [4.78, 5) is 11.3. The summed E-state index contributed by atoms with van der Waals surface area (Å²) < 4.78 is 95.7. The fourth-order valence-electron chi connectivity index (χ4n) is 2.54. The number of ether oxygens (including phenoxy) is 1. The first-order chi connectivity index (χ1) is 12.7. The van der Waals surface area contributed by atoms with Crippen LogP contribution in [-0.2, 0) is 20.5 Å². The van der Waals surface area contributed by atoms with Gasteiger partial charge in [-0.15, -0.1) is 0 Å². The minimum absolute atomic E-state index is 0.0988.